The number of hydrogen-bond donors (Lipinski definition) is 2. The van der Waals surface area contributed by atoms with Gasteiger partial charge in [0.1, 0.15) is 0 Å². The Morgan fingerprint density at radius 1 is 1.30 bits per heavy atom. The van der Waals surface area contributed by atoms with Crippen molar-refractivity contribution in [3.8, 4) is 0 Å². The zero-order chi connectivity index (χ0) is 14.9. The topological polar surface area (TPSA) is 55.9 Å². The Morgan fingerprint density at radius 2 is 2.00 bits per heavy atom. The maximum atomic E-state index is 6.38. The van der Waals surface area contributed by atoms with Crippen LogP contribution in [0.3, 0.4) is 0 Å². The van der Waals surface area contributed by atoms with Crippen LogP contribution in [0, 0.1) is 0 Å². The average Bonchev–Trinajstić information content (AvgIpc) is 2.78. The lowest BCUT2D eigenvalue weighted by Gasteiger charge is -2.22. The third-order valence-electron chi connectivity index (χ3n) is 3.01. The van der Waals surface area contributed by atoms with Gasteiger partial charge in [-0.2, -0.15) is 5.10 Å². The first-order valence-electron chi connectivity index (χ1n) is 6.10. The summed E-state index contributed by atoms with van der Waals surface area (Å²) in [7, 11) is 0. The van der Waals surface area contributed by atoms with Gasteiger partial charge in [-0.25, -0.2) is 5.43 Å². The largest absolute Gasteiger partial charge is 0.271 e. The van der Waals surface area contributed by atoms with Gasteiger partial charge in [-0.15, -0.1) is 0 Å². The predicted octanol–water partition coefficient (Wildman–Crippen LogP) is 4.20. The molecule has 20 heavy (non-hydrogen) atoms. The summed E-state index contributed by atoms with van der Waals surface area (Å²) in [6.45, 7) is 4.14. The zero-order valence-corrected chi connectivity index (χ0v) is 15.0. The number of hydrazine groups is 1. The summed E-state index contributed by atoms with van der Waals surface area (Å²) in [5.74, 6) is 5.77. The van der Waals surface area contributed by atoms with E-state index in [4.69, 9.17) is 17.4 Å². The van der Waals surface area contributed by atoms with Gasteiger partial charge in [-0.3, -0.25) is 10.5 Å². The van der Waals surface area contributed by atoms with Gasteiger partial charge in [-0.05, 0) is 57.3 Å². The third-order valence-corrected chi connectivity index (χ3v) is 4.93. The van der Waals surface area contributed by atoms with E-state index in [0.717, 1.165) is 20.2 Å². The summed E-state index contributed by atoms with van der Waals surface area (Å²) in [6, 6.07) is 5.74. The van der Waals surface area contributed by atoms with Gasteiger partial charge in [0, 0.05) is 10.5 Å². The number of nitrogens with zero attached hydrogens (tertiary/aromatic N) is 2. The van der Waals surface area contributed by atoms with E-state index < -0.39 is 0 Å². The Bertz CT molecular complexity index is 612. The van der Waals surface area contributed by atoms with Crippen molar-refractivity contribution in [1.82, 2.24) is 15.2 Å². The van der Waals surface area contributed by atoms with Crippen molar-refractivity contribution in [1.29, 1.82) is 0 Å². The van der Waals surface area contributed by atoms with Crippen molar-refractivity contribution in [2.24, 2.45) is 5.84 Å². The van der Waals surface area contributed by atoms with Crippen LogP contribution >= 0.6 is 43.5 Å². The standard InChI is InChI=1S/C13H15Br2ClN4/c1-7(2)20-13(10(15)6-18-20)12(19-17)8-4-3-5-9(14)11(8)16/h3-7,12,19H,17H2,1-2H3. The molecule has 0 amide bonds. The van der Waals surface area contributed by atoms with E-state index in [-0.39, 0.29) is 12.1 Å². The van der Waals surface area contributed by atoms with Crippen LogP contribution in [0.15, 0.2) is 33.3 Å². The minimum atomic E-state index is -0.251. The number of benzene rings is 1. The minimum absolute atomic E-state index is 0.220. The smallest absolute Gasteiger partial charge is 0.0904 e. The highest BCUT2D eigenvalue weighted by molar-refractivity contribution is 9.10. The second kappa shape index (κ2) is 6.58. The van der Waals surface area contributed by atoms with Crippen molar-refractivity contribution >= 4 is 43.5 Å². The Balaban J connectivity index is 2.58. The average molecular weight is 423 g/mol. The van der Waals surface area contributed by atoms with Crippen LogP contribution in [0.25, 0.3) is 0 Å². The molecule has 1 unspecified atom stereocenters. The van der Waals surface area contributed by atoms with Crippen LogP contribution in [0.1, 0.15) is 37.2 Å². The zero-order valence-electron chi connectivity index (χ0n) is 11.1. The van der Waals surface area contributed by atoms with Crippen LogP contribution in [0.2, 0.25) is 5.02 Å². The number of rotatable bonds is 4. The molecule has 0 saturated heterocycles. The Morgan fingerprint density at radius 3 is 2.60 bits per heavy atom. The summed E-state index contributed by atoms with van der Waals surface area (Å²) in [5.41, 5.74) is 4.67. The van der Waals surface area contributed by atoms with Gasteiger partial charge in [-0.1, -0.05) is 23.7 Å². The van der Waals surface area contributed by atoms with E-state index in [0.29, 0.717) is 5.02 Å². The molecule has 108 valence electrons. The Labute approximate surface area is 139 Å². The monoisotopic (exact) mass is 420 g/mol. The molecule has 0 saturated carbocycles. The molecular formula is C13H15Br2ClN4. The first-order valence-corrected chi connectivity index (χ1v) is 8.06. The summed E-state index contributed by atoms with van der Waals surface area (Å²) in [5, 5.41) is 5.02. The summed E-state index contributed by atoms with van der Waals surface area (Å²) < 4.78 is 3.65. The van der Waals surface area contributed by atoms with Gasteiger partial charge < -0.3 is 0 Å². The normalized spacial score (nSPS) is 12.9. The third kappa shape index (κ3) is 2.94. The number of halogens is 3. The second-order valence-electron chi connectivity index (χ2n) is 4.66. The molecule has 7 heteroatoms. The lowest BCUT2D eigenvalue weighted by Crippen LogP contribution is -2.31. The van der Waals surface area contributed by atoms with Crippen LogP contribution in [-0.2, 0) is 0 Å². The molecule has 1 heterocycles. The molecule has 0 aliphatic rings. The molecule has 1 atom stereocenters. The molecular weight excluding hydrogens is 407 g/mol. The van der Waals surface area contributed by atoms with E-state index >= 15 is 0 Å². The summed E-state index contributed by atoms with van der Waals surface area (Å²) in [6.07, 6.45) is 1.77. The second-order valence-corrected chi connectivity index (χ2v) is 6.75. The van der Waals surface area contributed by atoms with E-state index in [9.17, 15) is 0 Å². The molecule has 0 radical (unpaired) electrons. The van der Waals surface area contributed by atoms with Crippen LogP contribution in [0.5, 0.6) is 0 Å². The highest BCUT2D eigenvalue weighted by Gasteiger charge is 2.24. The van der Waals surface area contributed by atoms with E-state index in [1.165, 1.54) is 0 Å². The summed E-state index contributed by atoms with van der Waals surface area (Å²) in [4.78, 5) is 0. The molecule has 0 aliphatic heterocycles. The van der Waals surface area contributed by atoms with Gasteiger partial charge in [0.2, 0.25) is 0 Å². The van der Waals surface area contributed by atoms with Gasteiger partial charge in [0.25, 0.3) is 0 Å². The lowest BCUT2D eigenvalue weighted by molar-refractivity contribution is 0.475. The lowest BCUT2D eigenvalue weighted by atomic mass is 10.0. The first kappa shape index (κ1) is 16.0. The summed E-state index contributed by atoms with van der Waals surface area (Å²) >= 11 is 13.4. The number of nitrogens with two attached hydrogens (primary N) is 1. The molecule has 0 aliphatic carbocycles. The van der Waals surface area contributed by atoms with Crippen LogP contribution in [-0.4, -0.2) is 9.78 Å². The maximum absolute atomic E-state index is 6.38. The van der Waals surface area contributed by atoms with Crippen LogP contribution < -0.4 is 11.3 Å². The SMILES string of the molecule is CC(C)n1ncc(Br)c1C(NN)c1cccc(Br)c1Cl. The van der Waals surface area contributed by atoms with Gasteiger partial charge in [0.15, 0.2) is 0 Å². The first-order chi connectivity index (χ1) is 9.47. The molecule has 2 rings (SSSR count). The number of aromatic nitrogens is 2. The fourth-order valence-corrected chi connectivity index (χ4v) is 3.21. The van der Waals surface area contributed by atoms with Crippen molar-refractivity contribution in [3.63, 3.8) is 0 Å². The highest BCUT2D eigenvalue weighted by atomic mass is 79.9. The molecule has 1 aromatic heterocycles. The number of nitrogens with one attached hydrogen (secondary N) is 1. The van der Waals surface area contributed by atoms with Gasteiger partial charge >= 0.3 is 0 Å². The highest BCUT2D eigenvalue weighted by Crippen LogP contribution is 2.36. The van der Waals surface area contributed by atoms with Crippen molar-refractivity contribution in [2.45, 2.75) is 25.9 Å². The van der Waals surface area contributed by atoms with E-state index in [1.54, 1.807) is 6.20 Å². The van der Waals surface area contributed by atoms with E-state index in [2.05, 4.69) is 56.2 Å². The molecule has 3 N–H and O–H groups in total. The van der Waals surface area contributed by atoms with Crippen molar-refractivity contribution in [2.75, 3.05) is 0 Å². The fourth-order valence-electron chi connectivity index (χ4n) is 2.09. The minimum Gasteiger partial charge on any atom is -0.271 e. The Hall–Kier alpha value is -0.400. The number of hydrogen-bond acceptors (Lipinski definition) is 3. The van der Waals surface area contributed by atoms with Crippen molar-refractivity contribution in [3.05, 3.63) is 49.6 Å². The fraction of sp³-hybridized carbons (Fsp3) is 0.308. The molecule has 0 fully saturated rings. The van der Waals surface area contributed by atoms with E-state index in [1.807, 2.05) is 22.9 Å². The molecule has 2 aromatic rings. The predicted molar refractivity (Wildman–Crippen MR) is 88.6 cm³/mol. The van der Waals surface area contributed by atoms with Crippen LogP contribution in [0.4, 0.5) is 0 Å². The quantitative estimate of drug-likeness (QED) is 0.574. The molecule has 0 spiro atoms. The van der Waals surface area contributed by atoms with Crippen molar-refractivity contribution < 1.29 is 0 Å². The Kier molecular flexibility index (Phi) is 5.25. The maximum Gasteiger partial charge on any atom is 0.0904 e. The molecule has 4 nitrogen and oxygen atoms in total. The van der Waals surface area contributed by atoms with Gasteiger partial charge in [0.05, 0.1) is 27.4 Å². The molecule has 1 aromatic carbocycles. The molecule has 0 bridgehead atoms.